The molecular formula is C16H12Br2Cl2N2O3. The van der Waals surface area contributed by atoms with E-state index >= 15 is 0 Å². The second-order valence-electron chi connectivity index (χ2n) is 4.90. The molecule has 0 heterocycles. The number of nitrogens with one attached hydrogen (secondary N) is 1. The van der Waals surface area contributed by atoms with Crippen LogP contribution >= 0.6 is 55.1 Å². The Bertz CT molecular complexity index is 808. The fraction of sp³-hybridized carbons (Fsp3) is 0.125. The number of amides is 1. The fourth-order valence-electron chi connectivity index (χ4n) is 1.74. The van der Waals surface area contributed by atoms with Gasteiger partial charge in [0.2, 0.25) is 0 Å². The number of hydrazone groups is 1. The first-order valence-electron chi connectivity index (χ1n) is 6.90. The van der Waals surface area contributed by atoms with Crippen molar-refractivity contribution < 1.29 is 14.6 Å². The molecule has 0 bridgehead atoms. The summed E-state index contributed by atoms with van der Waals surface area (Å²) in [5.74, 6) is -0.00804. The molecule has 5 nitrogen and oxygen atoms in total. The molecule has 1 atom stereocenters. The van der Waals surface area contributed by atoms with Crippen LogP contribution in [0.15, 0.2) is 44.4 Å². The molecule has 0 saturated heterocycles. The van der Waals surface area contributed by atoms with E-state index in [-0.39, 0.29) is 5.75 Å². The van der Waals surface area contributed by atoms with Gasteiger partial charge in [0.05, 0.1) is 20.2 Å². The molecule has 132 valence electrons. The lowest BCUT2D eigenvalue weighted by Crippen LogP contribution is -2.33. The Kier molecular flexibility index (Phi) is 7.13. The Morgan fingerprint density at radius 2 is 1.92 bits per heavy atom. The zero-order valence-electron chi connectivity index (χ0n) is 12.8. The van der Waals surface area contributed by atoms with Crippen LogP contribution in [0, 0.1) is 0 Å². The van der Waals surface area contributed by atoms with Crippen LogP contribution < -0.4 is 10.2 Å². The smallest absolute Gasteiger partial charge is 0.280 e. The van der Waals surface area contributed by atoms with Gasteiger partial charge in [-0.2, -0.15) is 5.10 Å². The van der Waals surface area contributed by atoms with Crippen molar-refractivity contribution in [2.75, 3.05) is 0 Å². The van der Waals surface area contributed by atoms with E-state index in [1.54, 1.807) is 31.2 Å². The minimum Gasteiger partial charge on any atom is -0.506 e. The third-order valence-electron chi connectivity index (χ3n) is 2.99. The zero-order valence-corrected chi connectivity index (χ0v) is 17.4. The first kappa shape index (κ1) is 20.0. The molecule has 0 aliphatic heterocycles. The summed E-state index contributed by atoms with van der Waals surface area (Å²) < 4.78 is 6.50. The van der Waals surface area contributed by atoms with Gasteiger partial charge in [0.1, 0.15) is 11.5 Å². The summed E-state index contributed by atoms with van der Waals surface area (Å²) in [6.07, 6.45) is 0.628. The van der Waals surface area contributed by atoms with Crippen molar-refractivity contribution in [3.63, 3.8) is 0 Å². The number of phenols is 1. The van der Waals surface area contributed by atoms with Crippen LogP contribution in [-0.4, -0.2) is 23.3 Å². The SMILES string of the molecule is CC(Oc1ccc(Cl)cc1Cl)C(=O)N/N=C/c1cc(Br)c(O)c(Br)c1. The van der Waals surface area contributed by atoms with Gasteiger partial charge in [-0.1, -0.05) is 23.2 Å². The zero-order chi connectivity index (χ0) is 18.6. The van der Waals surface area contributed by atoms with E-state index in [0.29, 0.717) is 30.3 Å². The number of hydrogen-bond donors (Lipinski definition) is 2. The van der Waals surface area contributed by atoms with E-state index in [9.17, 15) is 9.90 Å². The molecule has 2 aromatic carbocycles. The van der Waals surface area contributed by atoms with Gasteiger partial charge < -0.3 is 9.84 Å². The number of aromatic hydroxyl groups is 1. The molecule has 9 heteroatoms. The summed E-state index contributed by atoms with van der Waals surface area (Å²) in [6, 6.07) is 8.05. The highest BCUT2D eigenvalue weighted by atomic mass is 79.9. The van der Waals surface area contributed by atoms with Gasteiger partial charge in [-0.25, -0.2) is 5.43 Å². The van der Waals surface area contributed by atoms with Crippen LogP contribution in [0.25, 0.3) is 0 Å². The predicted molar refractivity (Wildman–Crippen MR) is 106 cm³/mol. The quantitative estimate of drug-likeness (QED) is 0.432. The first-order chi connectivity index (χ1) is 11.8. The summed E-state index contributed by atoms with van der Waals surface area (Å²) in [5, 5.41) is 14.3. The van der Waals surface area contributed by atoms with Crippen molar-refractivity contribution >= 4 is 67.2 Å². The fourth-order valence-corrected chi connectivity index (χ4v) is 3.41. The molecule has 2 N–H and O–H groups in total. The Morgan fingerprint density at radius 3 is 2.52 bits per heavy atom. The van der Waals surface area contributed by atoms with Crippen LogP contribution in [0.5, 0.6) is 11.5 Å². The van der Waals surface area contributed by atoms with E-state index in [1.807, 2.05) is 0 Å². The molecule has 0 spiro atoms. The van der Waals surface area contributed by atoms with E-state index < -0.39 is 12.0 Å². The second-order valence-corrected chi connectivity index (χ2v) is 7.45. The maximum atomic E-state index is 12.0. The number of benzene rings is 2. The molecule has 0 aromatic heterocycles. The summed E-state index contributed by atoms with van der Waals surface area (Å²) >= 11 is 18.3. The summed E-state index contributed by atoms with van der Waals surface area (Å²) in [7, 11) is 0. The normalized spacial score (nSPS) is 12.2. The Morgan fingerprint density at radius 1 is 1.28 bits per heavy atom. The average molecular weight is 511 g/mol. The van der Waals surface area contributed by atoms with Crippen molar-refractivity contribution in [1.82, 2.24) is 5.43 Å². The Hall–Kier alpha value is -1.28. The van der Waals surface area contributed by atoms with Crippen LogP contribution in [-0.2, 0) is 4.79 Å². The molecule has 0 saturated carbocycles. The van der Waals surface area contributed by atoms with Gasteiger partial charge >= 0.3 is 0 Å². The second kappa shape index (κ2) is 8.89. The van der Waals surface area contributed by atoms with Crippen molar-refractivity contribution in [2.24, 2.45) is 5.10 Å². The Labute approximate surface area is 171 Å². The molecule has 2 aromatic rings. The molecule has 0 radical (unpaired) electrons. The number of halogens is 4. The lowest BCUT2D eigenvalue weighted by Gasteiger charge is -2.14. The summed E-state index contributed by atoms with van der Waals surface area (Å²) in [4.78, 5) is 12.0. The number of nitrogens with zero attached hydrogens (tertiary/aromatic N) is 1. The average Bonchev–Trinajstić information content (AvgIpc) is 2.54. The molecule has 1 amide bonds. The number of carbonyl (C=O) groups is 1. The van der Waals surface area contributed by atoms with E-state index in [1.165, 1.54) is 12.3 Å². The van der Waals surface area contributed by atoms with Gasteiger partial charge in [-0.3, -0.25) is 4.79 Å². The first-order valence-corrected chi connectivity index (χ1v) is 9.24. The van der Waals surface area contributed by atoms with Crippen LogP contribution in [0.4, 0.5) is 0 Å². The predicted octanol–water partition coefficient (Wildman–Crippen LogP) is 5.14. The van der Waals surface area contributed by atoms with E-state index in [0.717, 1.165) is 0 Å². The molecule has 2 rings (SSSR count). The maximum absolute atomic E-state index is 12.0. The minimum absolute atomic E-state index is 0.0862. The summed E-state index contributed by atoms with van der Waals surface area (Å²) in [5.41, 5.74) is 3.05. The topological polar surface area (TPSA) is 70.9 Å². The van der Waals surface area contributed by atoms with Crippen LogP contribution in [0.3, 0.4) is 0 Å². The highest BCUT2D eigenvalue weighted by Crippen LogP contribution is 2.32. The Balaban J connectivity index is 1.97. The molecule has 0 aliphatic rings. The van der Waals surface area contributed by atoms with E-state index in [2.05, 4.69) is 42.4 Å². The number of phenolic OH excluding ortho intramolecular Hbond substituents is 1. The van der Waals surface area contributed by atoms with Crippen molar-refractivity contribution in [3.05, 3.63) is 54.9 Å². The molecule has 25 heavy (non-hydrogen) atoms. The van der Waals surface area contributed by atoms with Crippen LogP contribution in [0.2, 0.25) is 10.0 Å². The lowest BCUT2D eigenvalue weighted by atomic mass is 10.2. The molecule has 1 unspecified atom stereocenters. The van der Waals surface area contributed by atoms with Gasteiger partial charge in [0.25, 0.3) is 5.91 Å². The highest BCUT2D eigenvalue weighted by molar-refractivity contribution is 9.11. The number of carbonyl (C=O) groups excluding carboxylic acids is 1. The third kappa shape index (κ3) is 5.60. The third-order valence-corrected chi connectivity index (χ3v) is 4.73. The number of ether oxygens (including phenoxy) is 1. The standard InChI is InChI=1S/C16H12Br2Cl2N2O3/c1-8(25-14-3-2-10(19)6-13(14)20)16(24)22-21-7-9-4-11(17)15(23)12(18)5-9/h2-8,23H,1H3,(H,22,24)/b21-7+. The number of rotatable bonds is 5. The monoisotopic (exact) mass is 508 g/mol. The lowest BCUT2D eigenvalue weighted by molar-refractivity contribution is -0.127. The van der Waals surface area contributed by atoms with Crippen molar-refractivity contribution in [2.45, 2.75) is 13.0 Å². The number of hydrogen-bond acceptors (Lipinski definition) is 4. The van der Waals surface area contributed by atoms with Crippen molar-refractivity contribution in [3.8, 4) is 11.5 Å². The van der Waals surface area contributed by atoms with Crippen molar-refractivity contribution in [1.29, 1.82) is 0 Å². The van der Waals surface area contributed by atoms with Gasteiger partial charge in [0.15, 0.2) is 6.10 Å². The maximum Gasteiger partial charge on any atom is 0.280 e. The largest absolute Gasteiger partial charge is 0.506 e. The van der Waals surface area contributed by atoms with Crippen LogP contribution in [0.1, 0.15) is 12.5 Å². The van der Waals surface area contributed by atoms with E-state index in [4.69, 9.17) is 27.9 Å². The van der Waals surface area contributed by atoms with Gasteiger partial charge in [-0.15, -0.1) is 0 Å². The summed E-state index contributed by atoms with van der Waals surface area (Å²) in [6.45, 7) is 1.57. The highest BCUT2D eigenvalue weighted by Gasteiger charge is 2.15. The molecular weight excluding hydrogens is 499 g/mol. The van der Waals surface area contributed by atoms with Gasteiger partial charge in [-0.05, 0) is 74.7 Å². The minimum atomic E-state index is -0.811. The van der Waals surface area contributed by atoms with Gasteiger partial charge in [0, 0.05) is 5.02 Å². The molecule has 0 fully saturated rings. The molecule has 0 aliphatic carbocycles.